The Morgan fingerprint density at radius 2 is 1.76 bits per heavy atom. The molecule has 1 atom stereocenters. The van der Waals surface area contributed by atoms with Gasteiger partial charge in [-0.1, -0.05) is 0 Å². The first-order valence-corrected chi connectivity index (χ1v) is 8.08. The Morgan fingerprint density at radius 3 is 2.38 bits per heavy atom. The second-order valence-corrected chi connectivity index (χ2v) is 6.27. The summed E-state index contributed by atoms with van der Waals surface area (Å²) >= 11 is 1.86. The SMILES string of the molecule is CC(Oc1ccc(SCCc2ccncc2)cc1)N(C)C. The van der Waals surface area contributed by atoms with Gasteiger partial charge < -0.3 is 4.74 Å². The van der Waals surface area contributed by atoms with Crippen LogP contribution in [0.25, 0.3) is 0 Å². The molecule has 21 heavy (non-hydrogen) atoms. The number of hydrogen-bond acceptors (Lipinski definition) is 4. The van der Waals surface area contributed by atoms with Gasteiger partial charge in [0.1, 0.15) is 12.0 Å². The van der Waals surface area contributed by atoms with Gasteiger partial charge in [-0.15, -0.1) is 11.8 Å². The van der Waals surface area contributed by atoms with Crippen molar-refractivity contribution in [1.82, 2.24) is 9.88 Å². The first kappa shape index (κ1) is 15.9. The zero-order valence-electron chi connectivity index (χ0n) is 12.8. The first-order valence-electron chi connectivity index (χ1n) is 7.10. The van der Waals surface area contributed by atoms with Crippen molar-refractivity contribution in [3.05, 3.63) is 54.4 Å². The van der Waals surface area contributed by atoms with Crippen molar-refractivity contribution < 1.29 is 4.74 Å². The van der Waals surface area contributed by atoms with E-state index in [9.17, 15) is 0 Å². The molecule has 0 spiro atoms. The molecule has 0 bridgehead atoms. The van der Waals surface area contributed by atoms with Gasteiger partial charge in [0.15, 0.2) is 0 Å². The van der Waals surface area contributed by atoms with E-state index in [1.807, 2.05) is 62.2 Å². The number of rotatable bonds is 7. The van der Waals surface area contributed by atoms with Gasteiger partial charge in [-0.2, -0.15) is 0 Å². The van der Waals surface area contributed by atoms with Crippen LogP contribution in [-0.2, 0) is 6.42 Å². The number of aromatic nitrogens is 1. The maximum absolute atomic E-state index is 5.81. The lowest BCUT2D eigenvalue weighted by Gasteiger charge is -2.21. The molecule has 0 aliphatic heterocycles. The summed E-state index contributed by atoms with van der Waals surface area (Å²) in [5.41, 5.74) is 1.33. The Kier molecular flexibility index (Phi) is 6.08. The molecule has 4 heteroatoms. The molecule has 1 unspecified atom stereocenters. The van der Waals surface area contributed by atoms with Crippen LogP contribution in [0.5, 0.6) is 5.75 Å². The van der Waals surface area contributed by atoms with Crippen LogP contribution in [0.1, 0.15) is 12.5 Å². The molecule has 0 aliphatic carbocycles. The minimum atomic E-state index is 0.0789. The number of aryl methyl sites for hydroxylation is 1. The number of hydrogen-bond donors (Lipinski definition) is 0. The summed E-state index contributed by atoms with van der Waals surface area (Å²) in [6, 6.07) is 12.5. The van der Waals surface area contributed by atoms with E-state index < -0.39 is 0 Å². The molecule has 1 aromatic heterocycles. The smallest absolute Gasteiger partial charge is 0.149 e. The summed E-state index contributed by atoms with van der Waals surface area (Å²) < 4.78 is 5.81. The van der Waals surface area contributed by atoms with E-state index in [-0.39, 0.29) is 6.23 Å². The summed E-state index contributed by atoms with van der Waals surface area (Å²) in [7, 11) is 4.02. The molecule has 0 aliphatic rings. The van der Waals surface area contributed by atoms with Crippen molar-refractivity contribution in [2.45, 2.75) is 24.5 Å². The van der Waals surface area contributed by atoms with Crippen LogP contribution in [-0.4, -0.2) is 36.0 Å². The number of ether oxygens (including phenoxy) is 1. The second kappa shape index (κ2) is 8.05. The molecule has 0 amide bonds. The fourth-order valence-electron chi connectivity index (χ4n) is 1.75. The highest BCUT2D eigenvalue weighted by molar-refractivity contribution is 7.99. The van der Waals surface area contributed by atoms with Gasteiger partial charge in [-0.25, -0.2) is 0 Å². The third-order valence-corrected chi connectivity index (χ3v) is 4.28. The highest BCUT2D eigenvalue weighted by atomic mass is 32.2. The summed E-state index contributed by atoms with van der Waals surface area (Å²) in [4.78, 5) is 7.34. The van der Waals surface area contributed by atoms with Crippen molar-refractivity contribution in [1.29, 1.82) is 0 Å². The van der Waals surface area contributed by atoms with Gasteiger partial charge in [0.05, 0.1) is 0 Å². The predicted molar refractivity (Wildman–Crippen MR) is 88.9 cm³/mol. The molecule has 3 nitrogen and oxygen atoms in total. The highest BCUT2D eigenvalue weighted by Gasteiger charge is 2.05. The minimum absolute atomic E-state index is 0.0789. The Morgan fingerprint density at radius 1 is 1.10 bits per heavy atom. The monoisotopic (exact) mass is 302 g/mol. The molecule has 0 N–H and O–H groups in total. The van der Waals surface area contributed by atoms with Crippen molar-refractivity contribution >= 4 is 11.8 Å². The quantitative estimate of drug-likeness (QED) is 0.575. The van der Waals surface area contributed by atoms with E-state index in [0.29, 0.717) is 0 Å². The number of nitrogens with zero attached hydrogens (tertiary/aromatic N) is 2. The summed E-state index contributed by atoms with van der Waals surface area (Å²) in [6.07, 6.45) is 4.83. The van der Waals surface area contributed by atoms with E-state index in [2.05, 4.69) is 29.2 Å². The van der Waals surface area contributed by atoms with Gasteiger partial charge >= 0.3 is 0 Å². The lowest BCUT2D eigenvalue weighted by Crippen LogP contribution is -2.30. The molecule has 0 saturated carbocycles. The molecule has 1 aromatic carbocycles. The second-order valence-electron chi connectivity index (χ2n) is 5.11. The topological polar surface area (TPSA) is 25.4 Å². The molecular weight excluding hydrogens is 280 g/mol. The van der Waals surface area contributed by atoms with Gasteiger partial charge in [0.2, 0.25) is 0 Å². The third-order valence-electron chi connectivity index (χ3n) is 3.27. The normalized spacial score (nSPS) is 12.4. The van der Waals surface area contributed by atoms with Crippen molar-refractivity contribution in [3.63, 3.8) is 0 Å². The zero-order valence-corrected chi connectivity index (χ0v) is 13.6. The Hall–Kier alpha value is -1.52. The van der Waals surface area contributed by atoms with Crippen molar-refractivity contribution in [2.75, 3.05) is 19.8 Å². The van der Waals surface area contributed by atoms with Gasteiger partial charge in [-0.3, -0.25) is 9.88 Å². The molecule has 1 heterocycles. The largest absolute Gasteiger partial charge is 0.475 e. The molecule has 0 radical (unpaired) electrons. The minimum Gasteiger partial charge on any atom is -0.475 e. The van der Waals surface area contributed by atoms with Gasteiger partial charge in [-0.05, 0) is 69.4 Å². The van der Waals surface area contributed by atoms with E-state index >= 15 is 0 Å². The van der Waals surface area contributed by atoms with E-state index in [0.717, 1.165) is 17.9 Å². The number of pyridine rings is 1. The van der Waals surface area contributed by atoms with Gasteiger partial charge in [0, 0.05) is 23.0 Å². The van der Waals surface area contributed by atoms with Crippen LogP contribution in [0.3, 0.4) is 0 Å². The first-order chi connectivity index (χ1) is 10.1. The van der Waals surface area contributed by atoms with Crippen LogP contribution < -0.4 is 4.74 Å². The molecule has 2 aromatic rings. The lowest BCUT2D eigenvalue weighted by molar-refractivity contribution is 0.0815. The summed E-state index contributed by atoms with van der Waals surface area (Å²) in [5.74, 6) is 1.98. The fraction of sp³-hybridized carbons (Fsp3) is 0.353. The number of thioether (sulfide) groups is 1. The Labute approximate surface area is 131 Å². The zero-order chi connectivity index (χ0) is 15.1. The maximum Gasteiger partial charge on any atom is 0.149 e. The summed E-state index contributed by atoms with van der Waals surface area (Å²) in [6.45, 7) is 2.04. The maximum atomic E-state index is 5.81. The van der Waals surface area contributed by atoms with E-state index in [1.54, 1.807) is 0 Å². The van der Waals surface area contributed by atoms with Crippen LogP contribution in [0, 0.1) is 0 Å². The molecule has 112 valence electrons. The Bertz CT molecular complexity index is 528. The van der Waals surface area contributed by atoms with Crippen LogP contribution in [0.15, 0.2) is 53.7 Å². The fourth-order valence-corrected chi connectivity index (χ4v) is 2.65. The molecular formula is C17H22N2OS. The van der Waals surface area contributed by atoms with E-state index in [1.165, 1.54) is 10.5 Å². The highest BCUT2D eigenvalue weighted by Crippen LogP contribution is 2.23. The van der Waals surface area contributed by atoms with Gasteiger partial charge in [0.25, 0.3) is 0 Å². The molecule has 0 fully saturated rings. The number of benzene rings is 1. The van der Waals surface area contributed by atoms with Crippen LogP contribution >= 0.6 is 11.8 Å². The average Bonchev–Trinajstić information content (AvgIpc) is 2.50. The predicted octanol–water partition coefficient (Wildman–Crippen LogP) is 3.70. The molecule has 2 rings (SSSR count). The third kappa shape index (κ3) is 5.40. The average molecular weight is 302 g/mol. The molecule has 0 saturated heterocycles. The van der Waals surface area contributed by atoms with Crippen LogP contribution in [0.4, 0.5) is 0 Å². The standard InChI is InChI=1S/C17H22N2OS/c1-14(19(2)3)20-16-4-6-17(7-5-16)21-13-10-15-8-11-18-12-9-15/h4-9,11-12,14H,10,13H2,1-3H3. The summed E-state index contributed by atoms with van der Waals surface area (Å²) in [5, 5.41) is 0. The van der Waals surface area contributed by atoms with E-state index in [4.69, 9.17) is 4.74 Å². The Balaban J connectivity index is 1.80. The van der Waals surface area contributed by atoms with Crippen LogP contribution in [0.2, 0.25) is 0 Å². The van der Waals surface area contributed by atoms with Crippen molar-refractivity contribution in [2.24, 2.45) is 0 Å². The lowest BCUT2D eigenvalue weighted by atomic mass is 10.2. The van der Waals surface area contributed by atoms with Crippen molar-refractivity contribution in [3.8, 4) is 5.75 Å².